The fraction of sp³-hybridized carbons (Fsp3) is 0.250. The highest BCUT2D eigenvalue weighted by Gasteiger charge is 2.38. The summed E-state index contributed by atoms with van der Waals surface area (Å²) in [6.45, 7) is 0. The summed E-state index contributed by atoms with van der Waals surface area (Å²) in [5, 5.41) is 14.2. The molecule has 7 nitrogen and oxygen atoms in total. The highest BCUT2D eigenvalue weighted by molar-refractivity contribution is 5.73. The molecule has 0 spiro atoms. The molecular formula is C8H7F6N3O4. The number of carbonyl (C=O) groups is 2. The lowest BCUT2D eigenvalue weighted by Crippen LogP contribution is -2.21. The number of anilines is 1. The van der Waals surface area contributed by atoms with Crippen LogP contribution >= 0.6 is 0 Å². The minimum atomic E-state index is -5.08. The average Bonchev–Trinajstić information content (AvgIpc) is 2.28. The Hall–Kier alpha value is -2.60. The van der Waals surface area contributed by atoms with E-state index >= 15 is 0 Å². The predicted octanol–water partition coefficient (Wildman–Crippen LogP) is 1.33. The Labute approximate surface area is 112 Å². The van der Waals surface area contributed by atoms with Crippen LogP contribution in [0.1, 0.15) is 0 Å². The second-order valence-corrected chi connectivity index (χ2v) is 2.74. The van der Waals surface area contributed by atoms with Crippen molar-refractivity contribution in [3.05, 3.63) is 18.6 Å². The monoisotopic (exact) mass is 323 g/mol. The number of carboxylic acids is 2. The Morgan fingerprint density at radius 2 is 1.33 bits per heavy atom. The van der Waals surface area contributed by atoms with Gasteiger partial charge >= 0.3 is 24.3 Å². The molecule has 0 amide bonds. The third-order valence-electron chi connectivity index (χ3n) is 1.09. The van der Waals surface area contributed by atoms with E-state index in [1.807, 2.05) is 0 Å². The number of rotatable bonds is 0. The molecule has 0 unspecified atom stereocenters. The lowest BCUT2D eigenvalue weighted by Gasteiger charge is -1.93. The van der Waals surface area contributed by atoms with Crippen LogP contribution in [0.25, 0.3) is 0 Å². The third kappa shape index (κ3) is 13.6. The van der Waals surface area contributed by atoms with Gasteiger partial charge in [-0.2, -0.15) is 26.3 Å². The second kappa shape index (κ2) is 8.55. The summed E-state index contributed by atoms with van der Waals surface area (Å²) in [5.41, 5.74) is 5.21. The van der Waals surface area contributed by atoms with Crippen molar-refractivity contribution >= 4 is 17.8 Å². The van der Waals surface area contributed by atoms with Gasteiger partial charge in [-0.05, 0) is 6.07 Å². The molecule has 0 fully saturated rings. The molecule has 21 heavy (non-hydrogen) atoms. The van der Waals surface area contributed by atoms with Crippen LogP contribution in [0.3, 0.4) is 0 Å². The number of carboxylic acid groups (broad SMARTS) is 2. The van der Waals surface area contributed by atoms with Crippen molar-refractivity contribution in [1.82, 2.24) is 9.97 Å². The first-order valence-corrected chi connectivity index (χ1v) is 4.40. The number of alkyl halides is 6. The van der Waals surface area contributed by atoms with E-state index in [1.165, 1.54) is 6.33 Å². The summed E-state index contributed by atoms with van der Waals surface area (Å²) in [6, 6.07) is 1.64. The highest BCUT2D eigenvalue weighted by atomic mass is 19.4. The molecule has 0 aromatic carbocycles. The molecule has 13 heteroatoms. The van der Waals surface area contributed by atoms with E-state index in [-0.39, 0.29) is 0 Å². The van der Waals surface area contributed by atoms with Gasteiger partial charge in [0.2, 0.25) is 0 Å². The van der Waals surface area contributed by atoms with Gasteiger partial charge in [-0.25, -0.2) is 19.6 Å². The summed E-state index contributed by atoms with van der Waals surface area (Å²) in [7, 11) is 0. The predicted molar refractivity (Wildman–Crippen MR) is 53.8 cm³/mol. The van der Waals surface area contributed by atoms with Crippen molar-refractivity contribution in [3.8, 4) is 0 Å². The van der Waals surface area contributed by atoms with Crippen LogP contribution in [-0.4, -0.2) is 44.5 Å². The first-order chi connectivity index (χ1) is 9.28. The summed E-state index contributed by atoms with van der Waals surface area (Å²) >= 11 is 0. The molecule has 0 saturated heterocycles. The maximum Gasteiger partial charge on any atom is 0.490 e. The molecule has 120 valence electrons. The molecule has 4 N–H and O–H groups in total. The van der Waals surface area contributed by atoms with Gasteiger partial charge in [0.05, 0.1) is 0 Å². The fourth-order valence-corrected chi connectivity index (χ4v) is 0.301. The van der Waals surface area contributed by atoms with Gasteiger partial charge in [0.25, 0.3) is 0 Å². The van der Waals surface area contributed by atoms with Crippen molar-refractivity contribution < 1.29 is 46.1 Å². The van der Waals surface area contributed by atoms with Gasteiger partial charge in [-0.15, -0.1) is 0 Å². The van der Waals surface area contributed by atoms with E-state index in [1.54, 1.807) is 12.3 Å². The topological polar surface area (TPSA) is 126 Å². The summed E-state index contributed by atoms with van der Waals surface area (Å²) in [4.78, 5) is 25.1. The number of hydrogen-bond donors (Lipinski definition) is 3. The molecule has 0 aliphatic rings. The molecule has 1 aromatic rings. The molecule has 0 aliphatic heterocycles. The van der Waals surface area contributed by atoms with Gasteiger partial charge in [0.1, 0.15) is 12.1 Å². The zero-order valence-corrected chi connectivity index (χ0v) is 9.68. The molecule has 1 heterocycles. The van der Waals surface area contributed by atoms with Crippen molar-refractivity contribution in [3.63, 3.8) is 0 Å². The van der Waals surface area contributed by atoms with Crippen LogP contribution < -0.4 is 5.73 Å². The Kier molecular flexibility index (Phi) is 8.43. The molecule has 0 atom stereocenters. The first-order valence-electron chi connectivity index (χ1n) is 4.40. The maximum absolute atomic E-state index is 10.6. The quantitative estimate of drug-likeness (QED) is 0.615. The number of hydrogen-bond acceptors (Lipinski definition) is 5. The zero-order chi connectivity index (χ0) is 17.3. The van der Waals surface area contributed by atoms with Crippen molar-refractivity contribution in [2.75, 3.05) is 5.73 Å². The smallest absolute Gasteiger partial charge is 0.475 e. The molecule has 1 rings (SSSR count). The van der Waals surface area contributed by atoms with E-state index in [9.17, 15) is 26.3 Å². The van der Waals surface area contributed by atoms with E-state index in [4.69, 9.17) is 25.5 Å². The van der Waals surface area contributed by atoms with E-state index in [0.717, 1.165) is 0 Å². The van der Waals surface area contributed by atoms with Gasteiger partial charge < -0.3 is 15.9 Å². The number of nitrogens with zero attached hydrogens (tertiary/aromatic N) is 2. The minimum Gasteiger partial charge on any atom is -0.475 e. The Bertz CT molecular complexity index is 424. The zero-order valence-electron chi connectivity index (χ0n) is 9.68. The van der Waals surface area contributed by atoms with E-state index in [2.05, 4.69) is 9.97 Å². The number of nitrogen functional groups attached to an aromatic ring is 1. The van der Waals surface area contributed by atoms with E-state index in [0.29, 0.717) is 5.82 Å². The van der Waals surface area contributed by atoms with Crippen LogP contribution in [0.2, 0.25) is 0 Å². The molecule has 0 bridgehead atoms. The number of nitrogens with two attached hydrogens (primary N) is 1. The van der Waals surface area contributed by atoms with E-state index < -0.39 is 24.3 Å². The Balaban J connectivity index is 0. The van der Waals surface area contributed by atoms with Crippen LogP contribution in [0, 0.1) is 0 Å². The molecule has 0 aliphatic carbocycles. The Morgan fingerprint density at radius 3 is 1.43 bits per heavy atom. The van der Waals surface area contributed by atoms with Gasteiger partial charge in [0, 0.05) is 6.20 Å². The maximum atomic E-state index is 10.6. The van der Waals surface area contributed by atoms with Crippen LogP contribution in [-0.2, 0) is 9.59 Å². The largest absolute Gasteiger partial charge is 0.490 e. The first kappa shape index (κ1) is 20.7. The van der Waals surface area contributed by atoms with Gasteiger partial charge in [-0.3, -0.25) is 0 Å². The highest BCUT2D eigenvalue weighted by Crippen LogP contribution is 2.13. The molecular weight excluding hydrogens is 316 g/mol. The summed E-state index contributed by atoms with van der Waals surface area (Å²) in [6.07, 6.45) is -7.16. The molecule has 1 aromatic heterocycles. The van der Waals surface area contributed by atoms with Crippen molar-refractivity contribution in [2.45, 2.75) is 12.4 Å². The van der Waals surface area contributed by atoms with Gasteiger partial charge in [0.15, 0.2) is 0 Å². The number of aromatic nitrogens is 2. The van der Waals surface area contributed by atoms with Crippen LogP contribution in [0.15, 0.2) is 18.6 Å². The molecule has 0 saturated carbocycles. The normalized spacial score (nSPS) is 10.4. The van der Waals surface area contributed by atoms with Crippen LogP contribution in [0.5, 0.6) is 0 Å². The standard InChI is InChI=1S/C4H5N3.2C2HF3O2/c5-4-1-2-6-3-7-4;2*3-2(4,5)1(6)7/h1-3H,(H2,5,6,7);2*(H,6,7). The van der Waals surface area contributed by atoms with Gasteiger partial charge in [-0.1, -0.05) is 0 Å². The lowest BCUT2D eigenvalue weighted by molar-refractivity contribution is -0.193. The Morgan fingerprint density at radius 1 is 1.00 bits per heavy atom. The van der Waals surface area contributed by atoms with Crippen molar-refractivity contribution in [1.29, 1.82) is 0 Å². The number of aliphatic carboxylic acids is 2. The SMILES string of the molecule is Nc1ccncn1.O=C(O)C(F)(F)F.O=C(O)C(F)(F)F. The average molecular weight is 323 g/mol. The second-order valence-electron chi connectivity index (χ2n) is 2.74. The summed E-state index contributed by atoms with van der Waals surface area (Å²) < 4.78 is 63.5. The lowest BCUT2D eigenvalue weighted by atomic mass is 10.6. The number of halogens is 6. The summed E-state index contributed by atoms with van der Waals surface area (Å²) in [5.74, 6) is -5.00. The third-order valence-corrected chi connectivity index (χ3v) is 1.09. The molecule has 0 radical (unpaired) electrons. The van der Waals surface area contributed by atoms with Crippen molar-refractivity contribution in [2.24, 2.45) is 0 Å². The fourth-order valence-electron chi connectivity index (χ4n) is 0.301. The van der Waals surface area contributed by atoms with Crippen LogP contribution in [0.4, 0.5) is 32.2 Å². The minimum absolute atomic E-state index is 0.509.